The first-order valence-corrected chi connectivity index (χ1v) is 10.6. The maximum Gasteiger partial charge on any atom is 0.140 e. The molecule has 4 heteroatoms. The number of amidine groups is 1. The smallest absolute Gasteiger partial charge is 0.140 e. The molecule has 3 aliphatic rings. The van der Waals surface area contributed by atoms with Gasteiger partial charge in [-0.1, -0.05) is 34.7 Å². The quantitative estimate of drug-likeness (QED) is 0.598. The van der Waals surface area contributed by atoms with Gasteiger partial charge in [0, 0.05) is 36.2 Å². The molecule has 0 spiro atoms. The Morgan fingerprint density at radius 2 is 2.11 bits per heavy atom. The van der Waals surface area contributed by atoms with Crippen molar-refractivity contribution in [2.24, 2.45) is 10.9 Å². The van der Waals surface area contributed by atoms with Crippen LogP contribution in [0, 0.1) is 5.92 Å². The minimum atomic E-state index is 0.435. The largest absolute Gasteiger partial charge is 0.353 e. The molecule has 2 heterocycles. The first-order valence-electron chi connectivity index (χ1n) is 9.78. The predicted octanol–water partition coefficient (Wildman–Crippen LogP) is 4.93. The number of aryl methyl sites for hydroxylation is 1. The zero-order valence-electron chi connectivity index (χ0n) is 15.9. The van der Waals surface area contributed by atoms with Crippen LogP contribution >= 0.6 is 15.9 Å². The number of rotatable bonds is 0. The molecule has 0 radical (unpaired) electrons. The molecule has 140 valence electrons. The first kappa shape index (κ1) is 18.5. The average Bonchev–Trinajstić information content (AvgIpc) is 2.67. The Kier molecular flexibility index (Phi) is 5.49. The summed E-state index contributed by atoms with van der Waals surface area (Å²) in [6, 6.07) is 6.46. The predicted molar refractivity (Wildman–Crippen MR) is 117 cm³/mol. The molecule has 1 atom stereocenters. The third kappa shape index (κ3) is 4.03. The van der Waals surface area contributed by atoms with Gasteiger partial charge in [0.1, 0.15) is 5.84 Å². The van der Waals surface area contributed by atoms with E-state index in [9.17, 15) is 0 Å². The standard InChI is InChI=1S/C23H26BrN3/c1-16-4-3-5-18-6-7-19-15-20(24)8-9-22(19)26-23(21(18)14-17(16)2)27-12-10-25-11-13-27/h3-4,8-9,15,18,25H,1,5-7,10-13H2,2H3. The Labute approximate surface area is 170 Å². The summed E-state index contributed by atoms with van der Waals surface area (Å²) in [6.07, 6.45) is 7.58. The van der Waals surface area contributed by atoms with Crippen molar-refractivity contribution in [2.45, 2.75) is 26.2 Å². The number of nitrogens with zero attached hydrogens (tertiary/aromatic N) is 2. The van der Waals surface area contributed by atoms with E-state index in [2.05, 4.69) is 75.7 Å². The van der Waals surface area contributed by atoms with E-state index in [0.717, 1.165) is 72.6 Å². The van der Waals surface area contributed by atoms with Crippen LogP contribution in [0.2, 0.25) is 0 Å². The molecule has 1 unspecified atom stereocenters. The lowest BCUT2D eigenvalue weighted by molar-refractivity contribution is 0.353. The Hall–Kier alpha value is -1.87. The van der Waals surface area contributed by atoms with Gasteiger partial charge in [-0.25, -0.2) is 4.99 Å². The van der Waals surface area contributed by atoms with Crippen molar-refractivity contribution in [3.63, 3.8) is 0 Å². The van der Waals surface area contributed by atoms with Gasteiger partial charge in [-0.05, 0) is 67.0 Å². The van der Waals surface area contributed by atoms with Crippen molar-refractivity contribution in [1.29, 1.82) is 0 Å². The highest BCUT2D eigenvalue weighted by atomic mass is 79.9. The zero-order chi connectivity index (χ0) is 18.8. The molecule has 1 aromatic rings. The van der Waals surface area contributed by atoms with Crippen molar-refractivity contribution in [3.8, 4) is 0 Å². The van der Waals surface area contributed by atoms with E-state index in [0.29, 0.717) is 5.92 Å². The van der Waals surface area contributed by atoms with Crippen LogP contribution in [0.1, 0.15) is 25.3 Å². The molecule has 1 N–H and O–H groups in total. The van der Waals surface area contributed by atoms with Gasteiger partial charge in [-0.3, -0.25) is 0 Å². The van der Waals surface area contributed by atoms with E-state index in [1.54, 1.807) is 0 Å². The van der Waals surface area contributed by atoms with Crippen molar-refractivity contribution < 1.29 is 0 Å². The van der Waals surface area contributed by atoms with Gasteiger partial charge in [0.2, 0.25) is 0 Å². The number of hydrogen-bond donors (Lipinski definition) is 1. The van der Waals surface area contributed by atoms with Crippen molar-refractivity contribution in [1.82, 2.24) is 10.2 Å². The molecule has 4 rings (SSSR count). The third-order valence-electron chi connectivity index (χ3n) is 5.64. The summed E-state index contributed by atoms with van der Waals surface area (Å²) in [5, 5.41) is 3.46. The topological polar surface area (TPSA) is 27.6 Å². The fraction of sp³-hybridized carbons (Fsp3) is 0.391. The molecule has 2 aliphatic heterocycles. The van der Waals surface area contributed by atoms with Crippen molar-refractivity contribution >= 4 is 27.5 Å². The molecule has 0 amide bonds. The zero-order valence-corrected chi connectivity index (χ0v) is 17.5. The molecule has 3 nitrogen and oxygen atoms in total. The molecular weight excluding hydrogens is 398 g/mol. The van der Waals surface area contributed by atoms with Crippen LogP contribution in [0.3, 0.4) is 0 Å². The lowest BCUT2D eigenvalue weighted by atomic mass is 9.85. The van der Waals surface area contributed by atoms with E-state index >= 15 is 0 Å². The Bertz CT molecular complexity index is 881. The van der Waals surface area contributed by atoms with Crippen LogP contribution in [0.15, 0.2) is 68.8 Å². The van der Waals surface area contributed by atoms with Crippen LogP contribution in [0.4, 0.5) is 5.69 Å². The maximum absolute atomic E-state index is 5.21. The lowest BCUT2D eigenvalue weighted by Gasteiger charge is -2.34. The fourth-order valence-corrected chi connectivity index (χ4v) is 4.40. The summed E-state index contributed by atoms with van der Waals surface area (Å²) < 4.78 is 1.13. The van der Waals surface area contributed by atoms with E-state index in [-0.39, 0.29) is 0 Å². The second-order valence-corrected chi connectivity index (χ2v) is 8.42. The molecule has 1 saturated heterocycles. The van der Waals surface area contributed by atoms with Crippen LogP contribution in [0.5, 0.6) is 0 Å². The number of benzene rings is 1. The van der Waals surface area contributed by atoms with Crippen LogP contribution in [-0.4, -0.2) is 36.9 Å². The number of piperazine rings is 1. The molecule has 0 bridgehead atoms. The second-order valence-electron chi connectivity index (χ2n) is 7.51. The Morgan fingerprint density at radius 1 is 1.30 bits per heavy atom. The maximum atomic E-state index is 5.21. The molecule has 1 fully saturated rings. The van der Waals surface area contributed by atoms with Gasteiger partial charge in [-0.2, -0.15) is 0 Å². The Balaban J connectivity index is 1.91. The Morgan fingerprint density at radius 3 is 2.93 bits per heavy atom. The van der Waals surface area contributed by atoms with Gasteiger partial charge in [0.15, 0.2) is 0 Å². The normalized spacial score (nSPS) is 23.0. The summed E-state index contributed by atoms with van der Waals surface area (Å²) in [7, 11) is 0. The van der Waals surface area contributed by atoms with E-state index in [1.165, 1.54) is 11.1 Å². The number of aliphatic imine (C=N–C) groups is 1. The highest BCUT2D eigenvalue weighted by Gasteiger charge is 2.27. The van der Waals surface area contributed by atoms with Crippen LogP contribution in [0.25, 0.3) is 0 Å². The number of allylic oxidation sites excluding steroid dienone is 3. The highest BCUT2D eigenvalue weighted by Crippen LogP contribution is 2.34. The first-order chi connectivity index (χ1) is 13.1. The summed E-state index contributed by atoms with van der Waals surface area (Å²) in [5.41, 5.74) is 9.55. The number of nitrogens with one attached hydrogen (secondary N) is 1. The van der Waals surface area contributed by atoms with E-state index in [4.69, 9.17) is 4.99 Å². The van der Waals surface area contributed by atoms with Gasteiger partial charge in [-0.15, -0.1) is 5.73 Å². The minimum Gasteiger partial charge on any atom is -0.353 e. The average molecular weight is 424 g/mol. The number of fused-ring (bicyclic) bond motifs is 2. The van der Waals surface area contributed by atoms with E-state index < -0.39 is 0 Å². The molecule has 1 aromatic carbocycles. The highest BCUT2D eigenvalue weighted by molar-refractivity contribution is 9.10. The SMILES string of the molecule is C=C1C=CCC2CCc3cc(Br)ccc3N=C(N3CCNCC3)C2=C=C1C. The summed E-state index contributed by atoms with van der Waals surface area (Å²) in [6.45, 7) is 10.3. The summed E-state index contributed by atoms with van der Waals surface area (Å²) in [5.74, 6) is 1.54. The van der Waals surface area contributed by atoms with Gasteiger partial charge in [0.25, 0.3) is 0 Å². The molecule has 27 heavy (non-hydrogen) atoms. The van der Waals surface area contributed by atoms with Gasteiger partial charge < -0.3 is 10.2 Å². The summed E-state index contributed by atoms with van der Waals surface area (Å²) in [4.78, 5) is 7.64. The van der Waals surface area contributed by atoms with Crippen LogP contribution < -0.4 is 5.32 Å². The third-order valence-corrected chi connectivity index (χ3v) is 6.13. The lowest BCUT2D eigenvalue weighted by Crippen LogP contribution is -2.47. The van der Waals surface area contributed by atoms with Gasteiger partial charge >= 0.3 is 0 Å². The van der Waals surface area contributed by atoms with E-state index in [1.807, 2.05) is 0 Å². The molecular formula is C23H26BrN3. The minimum absolute atomic E-state index is 0.435. The molecule has 0 saturated carbocycles. The molecule has 1 aliphatic carbocycles. The summed E-state index contributed by atoms with van der Waals surface area (Å²) >= 11 is 3.62. The fourth-order valence-electron chi connectivity index (χ4n) is 3.99. The van der Waals surface area contributed by atoms with Gasteiger partial charge in [0.05, 0.1) is 5.69 Å². The van der Waals surface area contributed by atoms with Crippen LogP contribution in [-0.2, 0) is 6.42 Å². The van der Waals surface area contributed by atoms with Crippen molar-refractivity contribution in [2.75, 3.05) is 26.2 Å². The van der Waals surface area contributed by atoms with Crippen molar-refractivity contribution in [3.05, 3.63) is 69.4 Å². The second kappa shape index (κ2) is 8.02. The number of halogens is 1. The number of hydrogen-bond acceptors (Lipinski definition) is 3. The molecule has 0 aromatic heterocycles. The monoisotopic (exact) mass is 423 g/mol.